The van der Waals surface area contributed by atoms with Crippen LogP contribution in [0.1, 0.15) is 61.3 Å². The molecular weight excluding hydrogens is 424 g/mol. The maximum absolute atomic E-state index is 13.0. The van der Waals surface area contributed by atoms with Crippen molar-refractivity contribution in [3.63, 3.8) is 0 Å². The van der Waals surface area contributed by atoms with Gasteiger partial charge in [-0.15, -0.1) is 10.2 Å². The molecule has 1 aromatic carbocycles. The van der Waals surface area contributed by atoms with Crippen molar-refractivity contribution >= 4 is 29.1 Å². The Bertz CT molecular complexity index is 1100. The molecule has 2 aliphatic rings. The third-order valence-corrected chi connectivity index (χ3v) is 7.17. The molecule has 1 saturated heterocycles. The number of hydrogen-bond donors (Lipinski definition) is 0. The maximum Gasteiger partial charge on any atom is 0.227 e. The van der Waals surface area contributed by atoms with Crippen molar-refractivity contribution in [1.29, 1.82) is 0 Å². The van der Waals surface area contributed by atoms with Crippen molar-refractivity contribution in [3.8, 4) is 11.6 Å². The highest BCUT2D eigenvalue weighted by atomic mass is 32.2. The molecule has 2 fully saturated rings. The lowest BCUT2D eigenvalue weighted by molar-refractivity contribution is -0.117. The zero-order valence-corrected chi connectivity index (χ0v) is 18.7. The van der Waals surface area contributed by atoms with Gasteiger partial charge in [-0.2, -0.15) is 0 Å². The average molecular weight is 451 g/mol. The number of rotatable bonds is 7. The summed E-state index contributed by atoms with van der Waals surface area (Å²) in [5.41, 5.74) is 1.42. The Labute approximate surface area is 191 Å². The molecule has 8 heteroatoms. The van der Waals surface area contributed by atoms with Crippen LogP contribution >= 0.6 is 11.8 Å². The van der Waals surface area contributed by atoms with E-state index in [9.17, 15) is 9.59 Å². The minimum Gasteiger partial charge on any atom is -0.461 e. The summed E-state index contributed by atoms with van der Waals surface area (Å²) in [4.78, 5) is 26.8. The molecule has 1 aliphatic carbocycles. The van der Waals surface area contributed by atoms with Crippen molar-refractivity contribution in [2.75, 3.05) is 17.2 Å². The van der Waals surface area contributed by atoms with E-state index in [0.29, 0.717) is 30.3 Å². The number of Topliss-reactive ketones (excluding diaryl/α,β-unsaturated/α-hetero) is 1. The van der Waals surface area contributed by atoms with E-state index < -0.39 is 0 Å². The van der Waals surface area contributed by atoms with Gasteiger partial charge >= 0.3 is 0 Å². The molecule has 1 aliphatic heterocycles. The number of furan rings is 1. The monoisotopic (exact) mass is 450 g/mol. The summed E-state index contributed by atoms with van der Waals surface area (Å²) >= 11 is 1.42. The molecule has 0 atom stereocenters. The molecule has 166 valence electrons. The zero-order chi connectivity index (χ0) is 21.9. The predicted octanol–water partition coefficient (Wildman–Crippen LogP) is 5.15. The SMILES string of the molecule is O=C(CSc1nnc(-c2ccco2)n1C1CCCCC1)c1cccc(N2CCCC2=O)c1. The van der Waals surface area contributed by atoms with Crippen LogP contribution in [0.2, 0.25) is 0 Å². The highest BCUT2D eigenvalue weighted by Crippen LogP contribution is 2.36. The van der Waals surface area contributed by atoms with E-state index in [2.05, 4.69) is 14.8 Å². The number of ketones is 1. The molecule has 5 rings (SSSR count). The number of nitrogens with zero attached hydrogens (tertiary/aromatic N) is 4. The number of thioether (sulfide) groups is 1. The fraction of sp³-hybridized carbons (Fsp3) is 0.417. The van der Waals surface area contributed by atoms with Crippen molar-refractivity contribution in [2.45, 2.75) is 56.1 Å². The van der Waals surface area contributed by atoms with Crippen LogP contribution in [0, 0.1) is 0 Å². The summed E-state index contributed by atoms with van der Waals surface area (Å²) in [6, 6.07) is 11.4. The largest absolute Gasteiger partial charge is 0.461 e. The van der Waals surface area contributed by atoms with Gasteiger partial charge in [0.1, 0.15) is 0 Å². The number of hydrogen-bond acceptors (Lipinski definition) is 6. The first-order valence-electron chi connectivity index (χ1n) is 11.3. The van der Waals surface area contributed by atoms with E-state index in [4.69, 9.17) is 4.42 Å². The smallest absolute Gasteiger partial charge is 0.227 e. The Morgan fingerprint density at radius 3 is 2.72 bits per heavy atom. The molecule has 1 saturated carbocycles. The van der Waals surface area contributed by atoms with Crippen LogP contribution in [-0.4, -0.2) is 38.8 Å². The molecule has 0 radical (unpaired) electrons. The van der Waals surface area contributed by atoms with E-state index in [1.165, 1.54) is 31.0 Å². The van der Waals surface area contributed by atoms with Gasteiger partial charge < -0.3 is 9.32 Å². The Kier molecular flexibility index (Phi) is 6.12. The van der Waals surface area contributed by atoms with Gasteiger partial charge in [-0.05, 0) is 43.5 Å². The number of amides is 1. The lowest BCUT2D eigenvalue weighted by atomic mass is 9.95. The van der Waals surface area contributed by atoms with Gasteiger partial charge in [-0.3, -0.25) is 14.2 Å². The molecule has 1 amide bonds. The minimum atomic E-state index is 0.0150. The molecule has 0 N–H and O–H groups in total. The summed E-state index contributed by atoms with van der Waals surface area (Å²) in [5.74, 6) is 1.83. The number of anilines is 1. The summed E-state index contributed by atoms with van der Waals surface area (Å²) in [6.45, 7) is 0.714. The van der Waals surface area contributed by atoms with Crippen LogP contribution in [0.25, 0.3) is 11.6 Å². The first-order valence-corrected chi connectivity index (χ1v) is 12.2. The van der Waals surface area contributed by atoms with Crippen LogP contribution in [0.3, 0.4) is 0 Å². The van der Waals surface area contributed by atoms with Crippen molar-refractivity contribution in [1.82, 2.24) is 14.8 Å². The van der Waals surface area contributed by atoms with Crippen molar-refractivity contribution < 1.29 is 14.0 Å². The predicted molar refractivity (Wildman–Crippen MR) is 123 cm³/mol. The average Bonchev–Trinajstić information content (AvgIpc) is 3.58. The molecule has 3 aromatic rings. The molecule has 0 bridgehead atoms. The van der Waals surface area contributed by atoms with Gasteiger partial charge in [0.15, 0.2) is 16.7 Å². The first kappa shape index (κ1) is 21.0. The lowest BCUT2D eigenvalue weighted by Gasteiger charge is -2.25. The van der Waals surface area contributed by atoms with Gasteiger partial charge in [0, 0.05) is 30.3 Å². The molecular formula is C24H26N4O3S. The number of carbonyl (C=O) groups excluding carboxylic acids is 2. The third kappa shape index (κ3) is 4.24. The van der Waals surface area contributed by atoms with Gasteiger partial charge in [0.05, 0.1) is 12.0 Å². The zero-order valence-electron chi connectivity index (χ0n) is 17.9. The van der Waals surface area contributed by atoms with Crippen LogP contribution in [0.4, 0.5) is 5.69 Å². The Morgan fingerprint density at radius 1 is 1.09 bits per heavy atom. The van der Waals surface area contributed by atoms with Crippen LogP contribution in [-0.2, 0) is 4.79 Å². The summed E-state index contributed by atoms with van der Waals surface area (Å²) in [5, 5.41) is 9.57. The summed E-state index contributed by atoms with van der Waals surface area (Å²) in [7, 11) is 0. The summed E-state index contributed by atoms with van der Waals surface area (Å²) in [6.07, 6.45) is 8.87. The van der Waals surface area contributed by atoms with E-state index in [-0.39, 0.29) is 17.4 Å². The normalized spacial score (nSPS) is 17.2. The third-order valence-electron chi connectivity index (χ3n) is 6.23. The molecule has 7 nitrogen and oxygen atoms in total. The molecule has 0 unspecified atom stereocenters. The molecule has 32 heavy (non-hydrogen) atoms. The number of carbonyl (C=O) groups is 2. The summed E-state index contributed by atoms with van der Waals surface area (Å²) < 4.78 is 7.76. The maximum atomic E-state index is 13.0. The molecule has 2 aromatic heterocycles. The van der Waals surface area contributed by atoms with Gasteiger partial charge in [0.25, 0.3) is 0 Å². The van der Waals surface area contributed by atoms with Crippen LogP contribution in [0.15, 0.2) is 52.2 Å². The second-order valence-electron chi connectivity index (χ2n) is 8.36. The number of benzene rings is 1. The van der Waals surface area contributed by atoms with E-state index in [0.717, 1.165) is 35.9 Å². The van der Waals surface area contributed by atoms with E-state index in [1.54, 1.807) is 11.2 Å². The lowest BCUT2D eigenvalue weighted by Crippen LogP contribution is -2.23. The second kappa shape index (κ2) is 9.32. The highest BCUT2D eigenvalue weighted by molar-refractivity contribution is 7.99. The molecule has 3 heterocycles. The Balaban J connectivity index is 1.35. The highest BCUT2D eigenvalue weighted by Gasteiger charge is 2.26. The standard InChI is InChI=1S/C24H26N4O3S/c29-20(17-7-4-10-19(15-17)27-13-5-12-22(27)30)16-32-24-26-25-23(21-11-6-14-31-21)28(24)18-8-2-1-3-9-18/h4,6-7,10-11,14-15,18H,1-3,5,8-9,12-13,16H2. The van der Waals surface area contributed by atoms with E-state index >= 15 is 0 Å². The Hall–Kier alpha value is -2.87. The Morgan fingerprint density at radius 2 is 1.97 bits per heavy atom. The fourth-order valence-electron chi connectivity index (χ4n) is 4.60. The van der Waals surface area contributed by atoms with Crippen molar-refractivity contribution in [2.24, 2.45) is 0 Å². The van der Waals surface area contributed by atoms with E-state index in [1.807, 2.05) is 36.4 Å². The fourth-order valence-corrected chi connectivity index (χ4v) is 5.50. The van der Waals surface area contributed by atoms with Crippen molar-refractivity contribution in [3.05, 3.63) is 48.2 Å². The first-order chi connectivity index (χ1) is 15.7. The second-order valence-corrected chi connectivity index (χ2v) is 9.30. The van der Waals surface area contributed by atoms with Gasteiger partial charge in [-0.1, -0.05) is 43.2 Å². The van der Waals surface area contributed by atoms with Crippen LogP contribution < -0.4 is 4.90 Å². The topological polar surface area (TPSA) is 81.2 Å². The molecule has 0 spiro atoms. The quantitative estimate of drug-likeness (QED) is 0.366. The van der Waals surface area contributed by atoms with Crippen LogP contribution in [0.5, 0.6) is 0 Å². The minimum absolute atomic E-state index is 0.0150. The van der Waals surface area contributed by atoms with Gasteiger partial charge in [0.2, 0.25) is 11.7 Å². The number of aromatic nitrogens is 3. The van der Waals surface area contributed by atoms with Gasteiger partial charge in [-0.25, -0.2) is 0 Å².